The highest BCUT2D eigenvalue weighted by Gasteiger charge is 2.49. The smallest absolute Gasteiger partial charge is 0.334 e. The fourth-order valence-electron chi connectivity index (χ4n) is 2.72. The molecule has 1 heterocycles. The van der Waals surface area contributed by atoms with E-state index in [1.165, 1.54) is 6.92 Å². The minimum atomic E-state index is -4.39. The molecule has 1 aliphatic heterocycles. The molecular formula is C14H16F4N2O3S. The third-order valence-corrected chi connectivity index (χ3v) is 5.22. The molecule has 0 aromatic heterocycles. The van der Waals surface area contributed by atoms with Gasteiger partial charge in [-0.2, -0.15) is 13.1 Å². The number of alkyl halides is 2. The third kappa shape index (κ3) is 3.39. The lowest BCUT2D eigenvalue weighted by Gasteiger charge is -2.39. The van der Waals surface area contributed by atoms with Crippen LogP contribution in [0.15, 0.2) is 18.2 Å². The van der Waals surface area contributed by atoms with Gasteiger partial charge in [-0.3, -0.25) is 4.79 Å². The first-order valence-corrected chi connectivity index (χ1v) is 8.89. The molecule has 1 aromatic carbocycles. The van der Waals surface area contributed by atoms with Crippen molar-refractivity contribution < 1.29 is 30.8 Å². The molecule has 0 aliphatic carbocycles. The highest BCUT2D eigenvalue weighted by molar-refractivity contribution is 7.88. The standard InChI is InChI=1S/C14H16F4N2O3S/c1-9-8-19(6-7-20(9)24(2,22)23)13(21)14(17,18)12-10(15)4-3-5-11(12)16/h3-5,9H,6-8H2,1-2H3/t9-/m0/s1. The van der Waals surface area contributed by atoms with Crippen LogP contribution in [0.25, 0.3) is 0 Å². The van der Waals surface area contributed by atoms with Crippen molar-refractivity contribution in [3.63, 3.8) is 0 Å². The van der Waals surface area contributed by atoms with Crippen LogP contribution in [-0.2, 0) is 20.7 Å². The topological polar surface area (TPSA) is 57.7 Å². The molecule has 0 bridgehead atoms. The summed E-state index contributed by atoms with van der Waals surface area (Å²) < 4.78 is 80.0. The predicted octanol–water partition coefficient (Wildman–Crippen LogP) is 1.55. The van der Waals surface area contributed by atoms with Crippen LogP contribution in [0.3, 0.4) is 0 Å². The van der Waals surface area contributed by atoms with Crippen LogP contribution in [0.1, 0.15) is 12.5 Å². The van der Waals surface area contributed by atoms with Gasteiger partial charge < -0.3 is 4.90 Å². The number of carbonyl (C=O) groups is 1. The molecule has 134 valence electrons. The molecule has 1 atom stereocenters. The fourth-order valence-corrected chi connectivity index (χ4v) is 3.86. The maximum absolute atomic E-state index is 14.3. The number of rotatable bonds is 3. The van der Waals surface area contributed by atoms with Crippen molar-refractivity contribution in [2.75, 3.05) is 25.9 Å². The van der Waals surface area contributed by atoms with E-state index in [0.29, 0.717) is 12.1 Å². The van der Waals surface area contributed by atoms with Crippen LogP contribution in [0.4, 0.5) is 17.6 Å². The van der Waals surface area contributed by atoms with Gasteiger partial charge in [-0.15, -0.1) is 0 Å². The Bertz CT molecular complexity index is 734. The Morgan fingerprint density at radius 2 is 1.75 bits per heavy atom. The maximum Gasteiger partial charge on any atom is 0.355 e. The van der Waals surface area contributed by atoms with Crippen LogP contribution in [0, 0.1) is 11.6 Å². The summed E-state index contributed by atoms with van der Waals surface area (Å²) in [4.78, 5) is 12.8. The number of carbonyl (C=O) groups excluding carboxylic acids is 1. The van der Waals surface area contributed by atoms with E-state index in [1.54, 1.807) is 0 Å². The molecule has 10 heteroatoms. The van der Waals surface area contributed by atoms with E-state index in [9.17, 15) is 30.8 Å². The number of sulfonamides is 1. The van der Waals surface area contributed by atoms with Gasteiger partial charge >= 0.3 is 5.92 Å². The van der Waals surface area contributed by atoms with E-state index < -0.39 is 45.1 Å². The normalized spacial score (nSPS) is 20.2. The van der Waals surface area contributed by atoms with Gasteiger partial charge in [-0.25, -0.2) is 17.2 Å². The molecule has 0 spiro atoms. The van der Waals surface area contributed by atoms with Gasteiger partial charge in [0, 0.05) is 25.7 Å². The number of hydrogen-bond donors (Lipinski definition) is 0. The van der Waals surface area contributed by atoms with Crippen LogP contribution in [-0.4, -0.2) is 55.5 Å². The van der Waals surface area contributed by atoms with Crippen molar-refractivity contribution >= 4 is 15.9 Å². The first-order chi connectivity index (χ1) is 11.0. The minimum Gasteiger partial charge on any atom is -0.334 e. The second-order valence-electron chi connectivity index (χ2n) is 5.64. The van der Waals surface area contributed by atoms with E-state index in [4.69, 9.17) is 0 Å². The van der Waals surface area contributed by atoms with Crippen LogP contribution < -0.4 is 0 Å². The molecular weight excluding hydrogens is 352 g/mol. The van der Waals surface area contributed by atoms with E-state index in [1.807, 2.05) is 0 Å². The molecule has 0 N–H and O–H groups in total. The zero-order valence-corrected chi connectivity index (χ0v) is 13.8. The molecule has 1 saturated heterocycles. The highest BCUT2D eigenvalue weighted by atomic mass is 32.2. The number of benzene rings is 1. The lowest BCUT2D eigenvalue weighted by atomic mass is 10.0. The van der Waals surface area contributed by atoms with Gasteiger partial charge in [0.05, 0.1) is 6.26 Å². The van der Waals surface area contributed by atoms with Crippen molar-refractivity contribution in [3.8, 4) is 0 Å². The molecule has 2 rings (SSSR count). The Morgan fingerprint density at radius 1 is 1.21 bits per heavy atom. The average Bonchev–Trinajstić information content (AvgIpc) is 2.44. The zero-order valence-electron chi connectivity index (χ0n) is 13.0. The van der Waals surface area contributed by atoms with Crippen molar-refractivity contribution in [3.05, 3.63) is 35.4 Å². The SMILES string of the molecule is C[C@H]1CN(C(=O)C(F)(F)c2c(F)cccc2F)CCN1S(C)(=O)=O. The Kier molecular flexibility index (Phi) is 4.91. The van der Waals surface area contributed by atoms with Gasteiger partial charge in [0.2, 0.25) is 10.0 Å². The average molecular weight is 368 g/mol. The van der Waals surface area contributed by atoms with Gasteiger partial charge in [-0.1, -0.05) is 6.07 Å². The molecule has 24 heavy (non-hydrogen) atoms. The lowest BCUT2D eigenvalue weighted by molar-refractivity contribution is -0.161. The minimum absolute atomic E-state index is 0.165. The van der Waals surface area contributed by atoms with Crippen molar-refractivity contribution in [1.29, 1.82) is 0 Å². The van der Waals surface area contributed by atoms with Crippen molar-refractivity contribution in [2.45, 2.75) is 18.9 Å². The number of hydrogen-bond acceptors (Lipinski definition) is 3. The number of nitrogens with zero attached hydrogens (tertiary/aromatic N) is 2. The molecule has 0 unspecified atom stereocenters. The molecule has 0 radical (unpaired) electrons. The van der Waals surface area contributed by atoms with Gasteiger partial charge in [0.1, 0.15) is 17.2 Å². The fraction of sp³-hybridized carbons (Fsp3) is 0.500. The third-order valence-electron chi connectivity index (χ3n) is 3.83. The maximum atomic E-state index is 14.3. The second kappa shape index (κ2) is 6.32. The summed E-state index contributed by atoms with van der Waals surface area (Å²) in [6, 6.07) is 1.48. The molecule has 1 aromatic rings. The van der Waals surface area contributed by atoms with Crippen LogP contribution in [0.2, 0.25) is 0 Å². The zero-order chi connectivity index (χ0) is 18.3. The Balaban J connectivity index is 2.26. The highest BCUT2D eigenvalue weighted by Crippen LogP contribution is 2.34. The van der Waals surface area contributed by atoms with Crippen LogP contribution in [0.5, 0.6) is 0 Å². The number of halogens is 4. The summed E-state index contributed by atoms with van der Waals surface area (Å²) in [6.45, 7) is 0.712. The quantitative estimate of drug-likeness (QED) is 0.761. The van der Waals surface area contributed by atoms with E-state index in [2.05, 4.69) is 0 Å². The number of piperazine rings is 1. The van der Waals surface area contributed by atoms with E-state index >= 15 is 0 Å². The number of amides is 1. The summed E-state index contributed by atoms with van der Waals surface area (Å²) in [5.41, 5.74) is -1.60. The Morgan fingerprint density at radius 3 is 2.21 bits per heavy atom. The molecule has 1 amide bonds. The Hall–Kier alpha value is -1.68. The monoisotopic (exact) mass is 368 g/mol. The van der Waals surface area contributed by atoms with Crippen molar-refractivity contribution in [2.24, 2.45) is 0 Å². The Labute approximate surface area is 136 Å². The van der Waals surface area contributed by atoms with Gasteiger partial charge in [0.25, 0.3) is 5.91 Å². The summed E-state index contributed by atoms with van der Waals surface area (Å²) in [6.07, 6.45) is 0.976. The first kappa shape index (κ1) is 18.7. The molecule has 1 aliphatic rings. The van der Waals surface area contributed by atoms with Crippen molar-refractivity contribution in [1.82, 2.24) is 9.21 Å². The van der Waals surface area contributed by atoms with E-state index in [-0.39, 0.29) is 19.6 Å². The van der Waals surface area contributed by atoms with Gasteiger partial charge in [0.15, 0.2) is 0 Å². The predicted molar refractivity (Wildman–Crippen MR) is 77.8 cm³/mol. The van der Waals surface area contributed by atoms with Crippen LogP contribution >= 0.6 is 0 Å². The summed E-state index contributed by atoms with van der Waals surface area (Å²) in [7, 11) is -3.54. The first-order valence-electron chi connectivity index (χ1n) is 7.04. The largest absolute Gasteiger partial charge is 0.355 e. The molecule has 5 nitrogen and oxygen atoms in total. The summed E-state index contributed by atoms with van der Waals surface area (Å²) in [5.74, 6) is -9.18. The molecule has 0 saturated carbocycles. The van der Waals surface area contributed by atoms with E-state index in [0.717, 1.165) is 21.5 Å². The molecule has 1 fully saturated rings. The second-order valence-corrected chi connectivity index (χ2v) is 7.58. The van der Waals surface area contributed by atoms with Gasteiger partial charge in [-0.05, 0) is 19.1 Å². The summed E-state index contributed by atoms with van der Waals surface area (Å²) in [5, 5.41) is 0. The summed E-state index contributed by atoms with van der Waals surface area (Å²) >= 11 is 0. The lowest BCUT2D eigenvalue weighted by Crippen LogP contribution is -2.57.